The van der Waals surface area contributed by atoms with Gasteiger partial charge >= 0.3 is 0 Å². The standard InChI is InChI=1S/C18H22FN3O3S/c1-12-4-9-16(10-17(12)18(23)21-11-13(2)20-3)26(24,25)22-15-7-5-14(19)6-8-15/h4-10,13,20,22H,11H2,1-3H3,(H,21,23). The van der Waals surface area contributed by atoms with Crippen LogP contribution < -0.4 is 15.4 Å². The summed E-state index contributed by atoms with van der Waals surface area (Å²) in [7, 11) is -2.11. The van der Waals surface area contributed by atoms with Gasteiger partial charge in [0, 0.05) is 23.8 Å². The highest BCUT2D eigenvalue weighted by molar-refractivity contribution is 7.92. The van der Waals surface area contributed by atoms with Gasteiger partial charge in [-0.2, -0.15) is 0 Å². The fourth-order valence-electron chi connectivity index (χ4n) is 2.19. The molecule has 0 saturated heterocycles. The Hall–Kier alpha value is -2.45. The molecule has 3 N–H and O–H groups in total. The molecule has 2 rings (SSSR count). The van der Waals surface area contributed by atoms with Gasteiger partial charge in [-0.25, -0.2) is 12.8 Å². The number of likely N-dealkylation sites (N-methyl/N-ethyl adjacent to an activating group) is 1. The smallest absolute Gasteiger partial charge is 0.261 e. The highest BCUT2D eigenvalue weighted by Crippen LogP contribution is 2.19. The summed E-state index contributed by atoms with van der Waals surface area (Å²) in [5.74, 6) is -0.804. The van der Waals surface area contributed by atoms with E-state index in [9.17, 15) is 17.6 Å². The molecule has 0 saturated carbocycles. The van der Waals surface area contributed by atoms with E-state index < -0.39 is 15.8 Å². The number of nitrogens with one attached hydrogen (secondary N) is 3. The van der Waals surface area contributed by atoms with Gasteiger partial charge in [0.15, 0.2) is 0 Å². The molecule has 6 nitrogen and oxygen atoms in total. The van der Waals surface area contributed by atoms with Crippen LogP contribution in [0, 0.1) is 12.7 Å². The van der Waals surface area contributed by atoms with Crippen molar-refractivity contribution in [2.75, 3.05) is 18.3 Å². The number of carbonyl (C=O) groups is 1. The molecule has 0 heterocycles. The molecule has 1 unspecified atom stereocenters. The molecule has 0 aromatic heterocycles. The van der Waals surface area contributed by atoms with E-state index in [0.29, 0.717) is 12.1 Å². The Labute approximate surface area is 152 Å². The monoisotopic (exact) mass is 379 g/mol. The average molecular weight is 379 g/mol. The summed E-state index contributed by atoms with van der Waals surface area (Å²) in [5.41, 5.74) is 1.19. The van der Waals surface area contributed by atoms with Crippen molar-refractivity contribution in [2.24, 2.45) is 0 Å². The molecule has 0 radical (unpaired) electrons. The molecular weight excluding hydrogens is 357 g/mol. The highest BCUT2D eigenvalue weighted by atomic mass is 32.2. The lowest BCUT2D eigenvalue weighted by Gasteiger charge is -2.14. The van der Waals surface area contributed by atoms with E-state index in [2.05, 4.69) is 15.4 Å². The van der Waals surface area contributed by atoms with Crippen molar-refractivity contribution in [3.63, 3.8) is 0 Å². The van der Waals surface area contributed by atoms with Crippen molar-refractivity contribution in [3.8, 4) is 0 Å². The first-order valence-electron chi connectivity index (χ1n) is 8.07. The molecule has 0 fully saturated rings. The zero-order valence-corrected chi connectivity index (χ0v) is 15.7. The number of hydrogen-bond donors (Lipinski definition) is 3. The van der Waals surface area contributed by atoms with Crippen molar-refractivity contribution >= 4 is 21.6 Å². The van der Waals surface area contributed by atoms with Crippen molar-refractivity contribution in [2.45, 2.75) is 24.8 Å². The first-order valence-corrected chi connectivity index (χ1v) is 9.56. The SMILES string of the molecule is CNC(C)CNC(=O)c1cc(S(=O)(=O)Nc2ccc(F)cc2)ccc1C. The minimum atomic E-state index is -3.90. The predicted octanol–water partition coefficient (Wildman–Crippen LogP) is 2.27. The molecule has 1 amide bonds. The second kappa shape index (κ2) is 8.29. The van der Waals surface area contributed by atoms with Gasteiger partial charge in [-0.05, 0) is 62.9 Å². The number of halogens is 1. The number of carbonyl (C=O) groups excluding carboxylic acids is 1. The Morgan fingerprint density at radius 2 is 1.81 bits per heavy atom. The van der Waals surface area contributed by atoms with Crippen molar-refractivity contribution < 1.29 is 17.6 Å². The van der Waals surface area contributed by atoms with Crippen LogP contribution in [0.3, 0.4) is 0 Å². The predicted molar refractivity (Wildman–Crippen MR) is 99.2 cm³/mol. The first-order chi connectivity index (χ1) is 12.2. The van der Waals surface area contributed by atoms with E-state index in [1.54, 1.807) is 20.0 Å². The lowest BCUT2D eigenvalue weighted by atomic mass is 10.1. The second-order valence-corrected chi connectivity index (χ2v) is 7.67. The van der Waals surface area contributed by atoms with Crippen LogP contribution in [0.25, 0.3) is 0 Å². The van der Waals surface area contributed by atoms with Crippen LogP contribution in [-0.2, 0) is 10.0 Å². The Morgan fingerprint density at radius 3 is 2.42 bits per heavy atom. The zero-order valence-electron chi connectivity index (χ0n) is 14.8. The third-order valence-corrected chi connectivity index (χ3v) is 5.30. The number of anilines is 1. The van der Waals surface area contributed by atoms with Gasteiger partial charge in [0.2, 0.25) is 0 Å². The van der Waals surface area contributed by atoms with E-state index in [1.165, 1.54) is 24.3 Å². The summed E-state index contributed by atoms with van der Waals surface area (Å²) < 4.78 is 40.4. The summed E-state index contributed by atoms with van der Waals surface area (Å²) in [5, 5.41) is 5.77. The maximum atomic E-state index is 13.0. The Morgan fingerprint density at radius 1 is 1.15 bits per heavy atom. The van der Waals surface area contributed by atoms with Crippen molar-refractivity contribution in [3.05, 3.63) is 59.4 Å². The zero-order chi connectivity index (χ0) is 19.3. The highest BCUT2D eigenvalue weighted by Gasteiger charge is 2.18. The molecule has 26 heavy (non-hydrogen) atoms. The molecule has 2 aromatic rings. The van der Waals surface area contributed by atoms with E-state index in [1.807, 2.05) is 6.92 Å². The van der Waals surface area contributed by atoms with Gasteiger partial charge in [-0.1, -0.05) is 6.07 Å². The average Bonchev–Trinajstić information content (AvgIpc) is 2.61. The molecule has 0 aliphatic rings. The summed E-state index contributed by atoms with van der Waals surface area (Å²) >= 11 is 0. The third-order valence-electron chi connectivity index (χ3n) is 3.92. The van der Waals surface area contributed by atoms with Crippen LogP contribution in [0.2, 0.25) is 0 Å². The molecule has 0 aliphatic heterocycles. The fraction of sp³-hybridized carbons (Fsp3) is 0.278. The summed E-state index contributed by atoms with van der Waals surface area (Å²) in [6, 6.07) is 9.40. The second-order valence-electron chi connectivity index (χ2n) is 5.99. The minimum Gasteiger partial charge on any atom is -0.350 e. The van der Waals surface area contributed by atoms with Gasteiger partial charge in [0.25, 0.3) is 15.9 Å². The Bertz CT molecular complexity index is 883. The van der Waals surface area contributed by atoms with Crippen LogP contribution in [-0.4, -0.2) is 34.0 Å². The maximum Gasteiger partial charge on any atom is 0.261 e. The Balaban J connectivity index is 2.24. The number of aryl methyl sites for hydroxylation is 1. The molecule has 1 atom stereocenters. The maximum absolute atomic E-state index is 13.0. The number of hydrogen-bond acceptors (Lipinski definition) is 4. The van der Waals surface area contributed by atoms with Gasteiger partial charge in [-0.15, -0.1) is 0 Å². The molecule has 0 bridgehead atoms. The van der Waals surface area contributed by atoms with Crippen LogP contribution in [0.5, 0.6) is 0 Å². The molecule has 8 heteroatoms. The summed E-state index contributed by atoms with van der Waals surface area (Å²) in [4.78, 5) is 12.3. The van der Waals surface area contributed by atoms with Crippen molar-refractivity contribution in [1.82, 2.24) is 10.6 Å². The number of amides is 1. The Kier molecular flexibility index (Phi) is 6.33. The van der Waals surface area contributed by atoms with Crippen LogP contribution in [0.4, 0.5) is 10.1 Å². The van der Waals surface area contributed by atoms with E-state index in [4.69, 9.17) is 0 Å². The van der Waals surface area contributed by atoms with E-state index >= 15 is 0 Å². The van der Waals surface area contributed by atoms with Crippen molar-refractivity contribution in [1.29, 1.82) is 0 Å². The molecule has 0 aliphatic carbocycles. The topological polar surface area (TPSA) is 87.3 Å². The minimum absolute atomic E-state index is 0.0424. The van der Waals surface area contributed by atoms with Crippen LogP contribution >= 0.6 is 0 Å². The normalized spacial score (nSPS) is 12.5. The van der Waals surface area contributed by atoms with Gasteiger partial charge in [0.1, 0.15) is 5.82 Å². The van der Waals surface area contributed by atoms with E-state index in [0.717, 1.165) is 12.1 Å². The van der Waals surface area contributed by atoms with E-state index in [-0.39, 0.29) is 28.1 Å². The number of benzene rings is 2. The number of rotatable bonds is 7. The first kappa shape index (κ1) is 19.9. The summed E-state index contributed by atoms with van der Waals surface area (Å²) in [6.45, 7) is 4.07. The fourth-order valence-corrected chi connectivity index (χ4v) is 3.27. The molecule has 2 aromatic carbocycles. The summed E-state index contributed by atoms with van der Waals surface area (Å²) in [6.07, 6.45) is 0. The van der Waals surface area contributed by atoms with Gasteiger partial charge < -0.3 is 10.6 Å². The molecular formula is C18H22FN3O3S. The number of sulfonamides is 1. The van der Waals surface area contributed by atoms with Crippen LogP contribution in [0.15, 0.2) is 47.4 Å². The third kappa shape index (κ3) is 5.03. The lowest BCUT2D eigenvalue weighted by Crippen LogP contribution is -2.37. The van der Waals surface area contributed by atoms with Crippen LogP contribution in [0.1, 0.15) is 22.8 Å². The lowest BCUT2D eigenvalue weighted by molar-refractivity contribution is 0.0949. The molecule has 140 valence electrons. The largest absolute Gasteiger partial charge is 0.350 e. The van der Waals surface area contributed by atoms with Gasteiger partial charge in [0.05, 0.1) is 4.90 Å². The quantitative estimate of drug-likeness (QED) is 0.689. The molecule has 0 spiro atoms. The van der Waals surface area contributed by atoms with Gasteiger partial charge in [-0.3, -0.25) is 9.52 Å².